The van der Waals surface area contributed by atoms with Crippen LogP contribution in [0, 0.1) is 11.8 Å². The normalized spacial score (nSPS) is 20.6. The second-order valence-electron chi connectivity index (χ2n) is 8.62. The zero-order chi connectivity index (χ0) is 19.1. The predicted molar refractivity (Wildman–Crippen MR) is 109 cm³/mol. The quantitative estimate of drug-likeness (QED) is 0.553. The van der Waals surface area contributed by atoms with Crippen LogP contribution in [0.1, 0.15) is 92.6 Å². The topological polar surface area (TPSA) is 46.5 Å². The Morgan fingerprint density at radius 3 is 2.63 bits per heavy atom. The van der Waals surface area contributed by atoms with Crippen molar-refractivity contribution in [3.63, 3.8) is 0 Å². The molecule has 1 unspecified atom stereocenters. The summed E-state index contributed by atoms with van der Waals surface area (Å²) in [5.74, 6) is 1.64. The van der Waals surface area contributed by atoms with Crippen LogP contribution in [0.4, 0.5) is 0 Å². The Balaban J connectivity index is 1.38. The SMILES string of the molecule is CCC1CC(=O)c2c(O)cc(CCOCCCCC3CCCCC3)cc2C1. The van der Waals surface area contributed by atoms with E-state index in [9.17, 15) is 9.90 Å². The molecular weight excluding hydrogens is 336 g/mol. The van der Waals surface area contributed by atoms with E-state index in [-0.39, 0.29) is 11.5 Å². The van der Waals surface area contributed by atoms with Crippen LogP contribution in [0.3, 0.4) is 0 Å². The number of unbranched alkanes of at least 4 members (excludes halogenated alkanes) is 1. The minimum atomic E-state index is 0.0985. The fourth-order valence-electron chi connectivity index (χ4n) is 4.82. The van der Waals surface area contributed by atoms with Crippen molar-refractivity contribution in [1.82, 2.24) is 0 Å². The number of hydrogen-bond donors (Lipinski definition) is 1. The van der Waals surface area contributed by atoms with Crippen molar-refractivity contribution in [3.8, 4) is 5.75 Å². The number of aromatic hydroxyl groups is 1. The van der Waals surface area contributed by atoms with Gasteiger partial charge in [-0.25, -0.2) is 0 Å². The molecule has 0 saturated heterocycles. The number of hydrogen-bond acceptors (Lipinski definition) is 3. The Morgan fingerprint density at radius 1 is 1.04 bits per heavy atom. The maximum atomic E-state index is 12.3. The number of phenolic OH excluding ortho intramolecular Hbond substituents is 1. The Labute approximate surface area is 164 Å². The molecule has 0 aromatic heterocycles. The van der Waals surface area contributed by atoms with Gasteiger partial charge in [-0.3, -0.25) is 4.79 Å². The van der Waals surface area contributed by atoms with E-state index in [1.165, 1.54) is 44.9 Å². The summed E-state index contributed by atoms with van der Waals surface area (Å²) >= 11 is 0. The molecule has 27 heavy (non-hydrogen) atoms. The summed E-state index contributed by atoms with van der Waals surface area (Å²) < 4.78 is 5.83. The molecule has 0 radical (unpaired) electrons. The standard InChI is InChI=1S/C24H36O3/c1-2-18-14-21-15-20(17-23(26)24(21)22(25)16-18)11-13-27-12-7-6-10-19-8-4-3-5-9-19/h15,17-19,26H,2-14,16H2,1H3. The molecule has 1 aromatic rings. The average Bonchev–Trinajstić information content (AvgIpc) is 2.67. The van der Waals surface area contributed by atoms with Crippen LogP contribution < -0.4 is 0 Å². The molecule has 3 heteroatoms. The monoisotopic (exact) mass is 372 g/mol. The van der Waals surface area contributed by atoms with Crippen LogP contribution in [0.5, 0.6) is 5.75 Å². The number of fused-ring (bicyclic) bond motifs is 1. The minimum Gasteiger partial charge on any atom is -0.507 e. The molecule has 2 aliphatic rings. The first-order chi connectivity index (χ1) is 13.2. The number of carbonyl (C=O) groups excluding carboxylic acids is 1. The molecule has 1 fully saturated rings. The van der Waals surface area contributed by atoms with E-state index in [1.54, 1.807) is 6.07 Å². The fraction of sp³-hybridized carbons (Fsp3) is 0.708. The van der Waals surface area contributed by atoms with Crippen molar-refractivity contribution < 1.29 is 14.6 Å². The Morgan fingerprint density at radius 2 is 1.85 bits per heavy atom. The van der Waals surface area contributed by atoms with Gasteiger partial charge in [0.25, 0.3) is 0 Å². The highest BCUT2D eigenvalue weighted by Crippen LogP contribution is 2.34. The van der Waals surface area contributed by atoms with Gasteiger partial charge >= 0.3 is 0 Å². The lowest BCUT2D eigenvalue weighted by Gasteiger charge is -2.24. The number of rotatable bonds is 9. The highest BCUT2D eigenvalue weighted by atomic mass is 16.5. The fourth-order valence-corrected chi connectivity index (χ4v) is 4.82. The summed E-state index contributed by atoms with van der Waals surface area (Å²) in [6, 6.07) is 3.87. The van der Waals surface area contributed by atoms with Gasteiger partial charge in [0.15, 0.2) is 5.78 Å². The molecule has 0 amide bonds. The van der Waals surface area contributed by atoms with Gasteiger partial charge in [0.1, 0.15) is 5.75 Å². The number of carbonyl (C=O) groups is 1. The Hall–Kier alpha value is -1.35. The summed E-state index contributed by atoms with van der Waals surface area (Å²) in [4.78, 5) is 12.3. The zero-order valence-electron chi connectivity index (χ0n) is 17.0. The van der Waals surface area contributed by atoms with Crippen molar-refractivity contribution in [3.05, 3.63) is 28.8 Å². The molecule has 3 nitrogen and oxygen atoms in total. The Kier molecular flexibility index (Phi) is 7.75. The number of ketones is 1. The maximum absolute atomic E-state index is 12.3. The largest absolute Gasteiger partial charge is 0.507 e. The molecule has 150 valence electrons. The van der Waals surface area contributed by atoms with Crippen molar-refractivity contribution in [1.29, 1.82) is 0 Å². The number of ether oxygens (including phenoxy) is 1. The van der Waals surface area contributed by atoms with Gasteiger partial charge in [0, 0.05) is 13.0 Å². The zero-order valence-corrected chi connectivity index (χ0v) is 17.0. The third-order valence-electron chi connectivity index (χ3n) is 6.51. The third kappa shape index (κ3) is 5.81. The molecule has 0 bridgehead atoms. The first kappa shape index (κ1) is 20.4. The maximum Gasteiger partial charge on any atom is 0.167 e. The lowest BCUT2D eigenvalue weighted by Crippen LogP contribution is -2.20. The minimum absolute atomic E-state index is 0.0985. The van der Waals surface area contributed by atoms with Crippen LogP contribution in [-0.2, 0) is 17.6 Å². The first-order valence-electron chi connectivity index (χ1n) is 11.1. The second-order valence-corrected chi connectivity index (χ2v) is 8.62. The number of phenols is 1. The van der Waals surface area contributed by atoms with Crippen molar-refractivity contribution in [2.75, 3.05) is 13.2 Å². The highest BCUT2D eigenvalue weighted by molar-refractivity contribution is 6.01. The van der Waals surface area contributed by atoms with Crippen molar-refractivity contribution >= 4 is 5.78 Å². The molecule has 0 spiro atoms. The van der Waals surface area contributed by atoms with Gasteiger partial charge in [-0.15, -0.1) is 0 Å². The molecule has 1 atom stereocenters. The summed E-state index contributed by atoms with van der Waals surface area (Å²) in [5.41, 5.74) is 2.67. The van der Waals surface area contributed by atoms with Gasteiger partial charge in [-0.05, 0) is 48.3 Å². The van der Waals surface area contributed by atoms with Crippen LogP contribution in [0.25, 0.3) is 0 Å². The molecule has 3 rings (SSSR count). The summed E-state index contributed by atoms with van der Waals surface area (Å²) in [6.45, 7) is 3.65. The van der Waals surface area contributed by atoms with E-state index in [0.29, 0.717) is 24.5 Å². The number of Topliss-reactive ketones (excluding diaryl/α,β-unsaturated/α-hetero) is 1. The first-order valence-corrected chi connectivity index (χ1v) is 11.1. The van der Waals surface area contributed by atoms with Crippen molar-refractivity contribution in [2.24, 2.45) is 11.8 Å². The van der Waals surface area contributed by atoms with Crippen LogP contribution in [-0.4, -0.2) is 24.1 Å². The molecule has 1 aromatic carbocycles. The molecule has 1 saturated carbocycles. The predicted octanol–water partition coefficient (Wildman–Crippen LogP) is 5.86. The van der Waals surface area contributed by atoms with Gasteiger partial charge in [0.05, 0.1) is 12.2 Å². The van der Waals surface area contributed by atoms with Crippen molar-refractivity contribution in [2.45, 2.75) is 84.0 Å². The van der Waals surface area contributed by atoms with E-state index in [1.807, 2.05) is 0 Å². The van der Waals surface area contributed by atoms with E-state index in [4.69, 9.17) is 4.74 Å². The lowest BCUT2D eigenvalue weighted by molar-refractivity contribution is 0.0944. The highest BCUT2D eigenvalue weighted by Gasteiger charge is 2.27. The van der Waals surface area contributed by atoms with Gasteiger partial charge in [-0.2, -0.15) is 0 Å². The van der Waals surface area contributed by atoms with Gasteiger partial charge in [-0.1, -0.05) is 64.4 Å². The third-order valence-corrected chi connectivity index (χ3v) is 6.51. The van der Waals surface area contributed by atoms with E-state index >= 15 is 0 Å². The van der Waals surface area contributed by atoms with Gasteiger partial charge in [0.2, 0.25) is 0 Å². The van der Waals surface area contributed by atoms with Crippen LogP contribution >= 0.6 is 0 Å². The summed E-state index contributed by atoms with van der Waals surface area (Å²) in [7, 11) is 0. The van der Waals surface area contributed by atoms with E-state index in [0.717, 1.165) is 49.3 Å². The van der Waals surface area contributed by atoms with E-state index < -0.39 is 0 Å². The van der Waals surface area contributed by atoms with E-state index in [2.05, 4.69) is 13.0 Å². The molecule has 2 aliphatic carbocycles. The molecule has 0 aliphatic heterocycles. The van der Waals surface area contributed by atoms with Crippen LogP contribution in [0.2, 0.25) is 0 Å². The Bertz CT molecular complexity index is 616. The average molecular weight is 373 g/mol. The molecular formula is C24H36O3. The molecule has 0 heterocycles. The number of benzene rings is 1. The molecule has 1 N–H and O–H groups in total. The smallest absolute Gasteiger partial charge is 0.167 e. The van der Waals surface area contributed by atoms with Crippen LogP contribution in [0.15, 0.2) is 12.1 Å². The van der Waals surface area contributed by atoms with Gasteiger partial charge < -0.3 is 9.84 Å². The lowest BCUT2D eigenvalue weighted by atomic mass is 9.80. The summed E-state index contributed by atoms with van der Waals surface area (Å²) in [5, 5.41) is 10.3. The second kappa shape index (κ2) is 10.3. The summed E-state index contributed by atoms with van der Waals surface area (Å²) in [6.07, 6.45) is 14.3.